The summed E-state index contributed by atoms with van der Waals surface area (Å²) in [7, 11) is 0. The summed E-state index contributed by atoms with van der Waals surface area (Å²) in [5.74, 6) is 0.856. The molecule has 0 fully saturated rings. The van der Waals surface area contributed by atoms with E-state index in [1.54, 1.807) is 35.3 Å². The minimum atomic E-state index is -0.142. The quantitative estimate of drug-likeness (QED) is 0.537. The van der Waals surface area contributed by atoms with E-state index in [4.69, 9.17) is 16.1 Å². The lowest BCUT2D eigenvalue weighted by Gasteiger charge is -2.06. The number of benzene rings is 1. The van der Waals surface area contributed by atoms with Gasteiger partial charge in [0.15, 0.2) is 0 Å². The van der Waals surface area contributed by atoms with E-state index in [2.05, 4.69) is 15.1 Å². The van der Waals surface area contributed by atoms with Gasteiger partial charge in [0.05, 0.1) is 17.1 Å². The molecule has 4 rings (SSSR count). The number of pyridine rings is 2. The van der Waals surface area contributed by atoms with Crippen molar-refractivity contribution in [1.29, 1.82) is 0 Å². The molecule has 4 aromatic rings. The van der Waals surface area contributed by atoms with Gasteiger partial charge in [0.25, 0.3) is 11.4 Å². The van der Waals surface area contributed by atoms with E-state index in [-0.39, 0.29) is 5.56 Å². The van der Waals surface area contributed by atoms with Gasteiger partial charge in [0.1, 0.15) is 0 Å². The van der Waals surface area contributed by atoms with Crippen LogP contribution in [0.2, 0.25) is 5.02 Å². The Balaban J connectivity index is 1.66. The zero-order chi connectivity index (χ0) is 18.8. The second-order valence-corrected chi connectivity index (χ2v) is 6.62. The Morgan fingerprint density at radius 3 is 2.81 bits per heavy atom. The molecule has 0 aliphatic heterocycles. The largest absolute Gasteiger partial charge is 0.334 e. The fraction of sp³-hybridized carbons (Fsp3) is 0.100. The number of rotatable bonds is 4. The molecule has 1 aromatic carbocycles. The number of nitrogens with zero attached hydrogens (tertiary/aromatic N) is 4. The van der Waals surface area contributed by atoms with Crippen LogP contribution in [0.25, 0.3) is 22.8 Å². The van der Waals surface area contributed by atoms with Gasteiger partial charge >= 0.3 is 0 Å². The van der Waals surface area contributed by atoms with Crippen LogP contribution < -0.4 is 5.56 Å². The molecule has 0 N–H and O–H groups in total. The van der Waals surface area contributed by atoms with Crippen molar-refractivity contribution in [2.75, 3.05) is 0 Å². The lowest BCUT2D eigenvalue weighted by Crippen LogP contribution is -2.19. The number of aryl methyl sites for hydroxylation is 1. The van der Waals surface area contributed by atoms with E-state index < -0.39 is 0 Å². The third-order valence-electron chi connectivity index (χ3n) is 4.05. The van der Waals surface area contributed by atoms with Crippen LogP contribution in [0, 0.1) is 6.92 Å². The predicted molar refractivity (Wildman–Crippen MR) is 103 cm³/mol. The lowest BCUT2D eigenvalue weighted by molar-refractivity contribution is 0.432. The summed E-state index contributed by atoms with van der Waals surface area (Å²) in [6.07, 6.45) is 4.92. The maximum atomic E-state index is 12.2. The van der Waals surface area contributed by atoms with Crippen molar-refractivity contribution in [1.82, 2.24) is 19.7 Å². The standard InChI is InChI=1S/C20H15ClN4O2/c1-13-3-2-4-15(7-13)19-23-20(27-24-19)16-5-6-18(26)25(12-16)11-14-8-17(21)10-22-9-14/h2-10,12H,11H2,1H3. The van der Waals surface area contributed by atoms with Crippen LogP contribution in [0.3, 0.4) is 0 Å². The SMILES string of the molecule is Cc1cccc(-c2noc(-c3ccc(=O)n(Cc4cncc(Cl)c4)c3)n2)c1. The first kappa shape index (κ1) is 17.2. The molecular weight excluding hydrogens is 364 g/mol. The lowest BCUT2D eigenvalue weighted by atomic mass is 10.1. The summed E-state index contributed by atoms with van der Waals surface area (Å²) in [6.45, 7) is 2.35. The average Bonchev–Trinajstić information content (AvgIpc) is 3.14. The first-order valence-electron chi connectivity index (χ1n) is 8.29. The van der Waals surface area contributed by atoms with Gasteiger partial charge in [-0.3, -0.25) is 9.78 Å². The highest BCUT2D eigenvalue weighted by Crippen LogP contribution is 2.22. The fourth-order valence-corrected chi connectivity index (χ4v) is 2.96. The van der Waals surface area contributed by atoms with Crippen LogP contribution in [0.15, 0.2) is 70.4 Å². The number of aromatic nitrogens is 4. The molecule has 3 heterocycles. The maximum Gasteiger partial charge on any atom is 0.259 e. The topological polar surface area (TPSA) is 73.8 Å². The smallest absolute Gasteiger partial charge is 0.259 e. The van der Waals surface area contributed by atoms with Gasteiger partial charge in [0.2, 0.25) is 5.82 Å². The Kier molecular flexibility index (Phi) is 4.56. The van der Waals surface area contributed by atoms with Crippen molar-refractivity contribution in [3.63, 3.8) is 0 Å². The van der Waals surface area contributed by atoms with Gasteiger partial charge < -0.3 is 9.09 Å². The van der Waals surface area contributed by atoms with Gasteiger partial charge in [0, 0.05) is 30.2 Å². The summed E-state index contributed by atoms with van der Waals surface area (Å²) in [5, 5.41) is 4.58. The normalized spacial score (nSPS) is 10.9. The van der Waals surface area contributed by atoms with Crippen LogP contribution >= 0.6 is 11.6 Å². The highest BCUT2D eigenvalue weighted by atomic mass is 35.5. The molecule has 6 nitrogen and oxygen atoms in total. The molecule has 27 heavy (non-hydrogen) atoms. The van der Waals surface area contributed by atoms with E-state index >= 15 is 0 Å². The second-order valence-electron chi connectivity index (χ2n) is 6.19. The van der Waals surface area contributed by atoms with Gasteiger partial charge in [-0.05, 0) is 30.7 Å². The molecule has 7 heteroatoms. The molecule has 0 spiro atoms. The number of hydrogen-bond donors (Lipinski definition) is 0. The van der Waals surface area contributed by atoms with E-state index in [9.17, 15) is 4.79 Å². The predicted octanol–water partition coefficient (Wildman–Crippen LogP) is 3.97. The molecule has 3 aromatic heterocycles. The fourth-order valence-electron chi connectivity index (χ4n) is 2.76. The first-order chi connectivity index (χ1) is 13.1. The third kappa shape index (κ3) is 3.80. The van der Waals surface area contributed by atoms with E-state index in [0.29, 0.717) is 28.8 Å². The van der Waals surface area contributed by atoms with E-state index in [0.717, 1.165) is 16.7 Å². The molecule has 0 aliphatic carbocycles. The summed E-state index contributed by atoms with van der Waals surface area (Å²) < 4.78 is 6.95. The molecule has 0 amide bonds. The Hall–Kier alpha value is -3.25. The monoisotopic (exact) mass is 378 g/mol. The number of hydrogen-bond acceptors (Lipinski definition) is 5. The highest BCUT2D eigenvalue weighted by Gasteiger charge is 2.12. The molecule has 0 saturated carbocycles. The minimum absolute atomic E-state index is 0.142. The van der Waals surface area contributed by atoms with Gasteiger partial charge in [-0.15, -0.1) is 0 Å². The highest BCUT2D eigenvalue weighted by molar-refractivity contribution is 6.30. The van der Waals surface area contributed by atoms with E-state index in [1.165, 1.54) is 6.07 Å². The second kappa shape index (κ2) is 7.17. The summed E-state index contributed by atoms with van der Waals surface area (Å²) in [5.41, 5.74) is 3.34. The Morgan fingerprint density at radius 1 is 1.11 bits per heavy atom. The van der Waals surface area contributed by atoms with Crippen LogP contribution in [0.4, 0.5) is 0 Å². The Bertz CT molecular complexity index is 1170. The van der Waals surface area contributed by atoms with Crippen molar-refractivity contribution in [2.45, 2.75) is 13.5 Å². The first-order valence-corrected chi connectivity index (χ1v) is 8.67. The van der Waals surface area contributed by atoms with Crippen LogP contribution in [0.5, 0.6) is 0 Å². The number of halogens is 1. The summed E-state index contributed by atoms with van der Waals surface area (Å²) in [6, 6.07) is 12.8. The summed E-state index contributed by atoms with van der Waals surface area (Å²) >= 11 is 5.97. The van der Waals surface area contributed by atoms with Gasteiger partial charge in [-0.1, -0.05) is 40.5 Å². The molecular formula is C20H15ClN4O2. The van der Waals surface area contributed by atoms with Crippen LogP contribution in [-0.2, 0) is 6.54 Å². The Labute approximate surface area is 160 Å². The van der Waals surface area contributed by atoms with Crippen molar-refractivity contribution in [3.8, 4) is 22.8 Å². The molecule has 134 valence electrons. The third-order valence-corrected chi connectivity index (χ3v) is 4.25. The Morgan fingerprint density at radius 2 is 2.00 bits per heavy atom. The van der Waals surface area contributed by atoms with Crippen molar-refractivity contribution in [2.24, 2.45) is 0 Å². The average molecular weight is 379 g/mol. The molecule has 0 bridgehead atoms. The maximum absolute atomic E-state index is 12.2. The van der Waals surface area contributed by atoms with Crippen molar-refractivity contribution in [3.05, 3.63) is 87.6 Å². The molecule has 0 atom stereocenters. The zero-order valence-corrected chi connectivity index (χ0v) is 15.2. The molecule has 0 aliphatic rings. The minimum Gasteiger partial charge on any atom is -0.334 e. The van der Waals surface area contributed by atoms with Gasteiger partial charge in [-0.2, -0.15) is 4.98 Å². The van der Waals surface area contributed by atoms with Crippen LogP contribution in [0.1, 0.15) is 11.1 Å². The zero-order valence-electron chi connectivity index (χ0n) is 14.5. The van der Waals surface area contributed by atoms with Gasteiger partial charge in [-0.25, -0.2) is 0 Å². The molecule has 0 radical (unpaired) electrons. The van der Waals surface area contributed by atoms with Crippen molar-refractivity contribution < 1.29 is 4.52 Å². The van der Waals surface area contributed by atoms with Crippen LogP contribution in [-0.4, -0.2) is 19.7 Å². The van der Waals surface area contributed by atoms with E-state index in [1.807, 2.05) is 31.2 Å². The molecule has 0 unspecified atom stereocenters. The molecule has 0 saturated heterocycles. The van der Waals surface area contributed by atoms with Crippen molar-refractivity contribution >= 4 is 11.6 Å². The summed E-state index contributed by atoms with van der Waals surface area (Å²) in [4.78, 5) is 20.7.